The predicted octanol–water partition coefficient (Wildman–Crippen LogP) is 6.80. The molecule has 48 heavy (non-hydrogen) atoms. The minimum atomic E-state index is -4.75. The normalized spacial score (nSPS) is 27.1. The number of hydrogen-bond acceptors (Lipinski definition) is 7. The number of carbonyl (C=O) groups is 3. The Morgan fingerprint density at radius 1 is 0.958 bits per heavy atom. The van der Waals surface area contributed by atoms with Crippen LogP contribution in [0.3, 0.4) is 0 Å². The summed E-state index contributed by atoms with van der Waals surface area (Å²) in [7, 11) is 0. The summed E-state index contributed by atoms with van der Waals surface area (Å²) in [5.74, 6) is -3.98. The minimum Gasteiger partial charge on any atom is -0.483 e. The number of amides is 3. The Morgan fingerprint density at radius 2 is 1.65 bits per heavy atom. The van der Waals surface area contributed by atoms with Gasteiger partial charge in [0.05, 0.1) is 28.1 Å². The van der Waals surface area contributed by atoms with Gasteiger partial charge in [0.2, 0.25) is 11.8 Å². The maximum atomic E-state index is 14.0. The van der Waals surface area contributed by atoms with Crippen LogP contribution in [-0.2, 0) is 20.6 Å². The summed E-state index contributed by atoms with van der Waals surface area (Å²) < 4.78 is 48.1. The van der Waals surface area contributed by atoms with E-state index in [-0.39, 0.29) is 34.5 Å². The molecular formula is C34H25ClF3N3O5S2. The van der Waals surface area contributed by atoms with E-state index in [2.05, 4.69) is 10.3 Å². The second kappa shape index (κ2) is 11.5. The van der Waals surface area contributed by atoms with E-state index >= 15 is 0 Å². The van der Waals surface area contributed by atoms with Crippen molar-refractivity contribution < 1.29 is 32.3 Å². The number of nitrogens with zero attached hydrogens (tertiary/aromatic N) is 1. The number of thioether (sulfide) groups is 1. The number of benzene rings is 3. The van der Waals surface area contributed by atoms with Gasteiger partial charge in [0.15, 0.2) is 6.61 Å². The fourth-order valence-electron chi connectivity index (χ4n) is 8.25. The third-order valence-electron chi connectivity index (χ3n) is 9.92. The summed E-state index contributed by atoms with van der Waals surface area (Å²) in [5, 5.41) is 3.78. The number of halogens is 4. The van der Waals surface area contributed by atoms with Gasteiger partial charge in [0.1, 0.15) is 5.75 Å². The molecule has 0 spiro atoms. The molecule has 3 aromatic carbocycles. The highest BCUT2D eigenvalue weighted by Crippen LogP contribution is 2.69. The highest BCUT2D eigenvalue weighted by molar-refractivity contribution is 8.00. The number of aromatic amines is 1. The summed E-state index contributed by atoms with van der Waals surface area (Å²) in [5.41, 5.74) is -0.201. The van der Waals surface area contributed by atoms with Gasteiger partial charge in [-0.25, -0.2) is 4.90 Å². The zero-order valence-corrected chi connectivity index (χ0v) is 27.1. The number of ether oxygens (including phenoxy) is 1. The van der Waals surface area contributed by atoms with Crippen molar-refractivity contribution >= 4 is 63.8 Å². The third-order valence-corrected chi connectivity index (χ3v) is 12.8. The Morgan fingerprint density at radius 3 is 2.40 bits per heavy atom. The zero-order chi connectivity index (χ0) is 33.5. The summed E-state index contributed by atoms with van der Waals surface area (Å²) in [4.78, 5) is 57.7. The molecule has 2 saturated carbocycles. The molecule has 14 heteroatoms. The highest BCUT2D eigenvalue weighted by atomic mass is 35.5. The first-order valence-electron chi connectivity index (χ1n) is 15.2. The van der Waals surface area contributed by atoms with Crippen LogP contribution in [0.15, 0.2) is 82.6 Å². The van der Waals surface area contributed by atoms with E-state index in [9.17, 15) is 32.3 Å². The molecule has 246 valence electrons. The van der Waals surface area contributed by atoms with Crippen LogP contribution in [0, 0.1) is 29.6 Å². The molecule has 3 fully saturated rings. The molecule has 3 amide bonds. The molecule has 2 bridgehead atoms. The predicted molar refractivity (Wildman–Crippen MR) is 174 cm³/mol. The second-order valence-electron chi connectivity index (χ2n) is 12.4. The second-order valence-corrected chi connectivity index (χ2v) is 15.0. The van der Waals surface area contributed by atoms with Crippen molar-refractivity contribution in [2.24, 2.45) is 29.6 Å². The molecular weight excluding hydrogens is 687 g/mol. The molecule has 8 rings (SSSR count). The van der Waals surface area contributed by atoms with E-state index in [1.54, 1.807) is 36.4 Å². The van der Waals surface area contributed by atoms with Gasteiger partial charge in [0, 0.05) is 32.3 Å². The number of alkyl halides is 3. The zero-order valence-electron chi connectivity index (χ0n) is 24.7. The van der Waals surface area contributed by atoms with E-state index in [0.717, 1.165) is 32.7 Å². The highest BCUT2D eigenvalue weighted by Gasteiger charge is 2.70. The van der Waals surface area contributed by atoms with Crippen LogP contribution in [0.1, 0.15) is 28.3 Å². The Balaban J connectivity index is 1.13. The number of carbonyl (C=O) groups excluding carboxylic acids is 3. The standard InChI is InChI=1S/C34H25ClF3N3O5S2/c35-15-9-11-16(12-10-15)39-23(42)14-46-22-8-4-1-5-17(22)24-25-18-13-19(28(25)47-30-29(24)48-33(45)40-30)27-26(18)31(43)41(32(27)44)21-7-3-2-6-20(21)34(36,37)38/h1-12,18-19,24-28H,13-14H2,(H,39,42)(H,40,45)/t18?,19?,24-,25?,26?,27?,28?/m1/s1. The molecule has 8 nitrogen and oxygen atoms in total. The van der Waals surface area contributed by atoms with Gasteiger partial charge in [0.25, 0.3) is 5.91 Å². The van der Waals surface area contributed by atoms with Crippen LogP contribution in [0.25, 0.3) is 0 Å². The van der Waals surface area contributed by atoms with Gasteiger partial charge in [-0.3, -0.25) is 19.2 Å². The van der Waals surface area contributed by atoms with E-state index in [1.807, 2.05) is 12.1 Å². The SMILES string of the molecule is O=C(COc1ccccc1[C@H]1c2sc(=O)[nH]c2SC2C3CC(C4C(=O)N(c5ccccc5C(F)(F)F)C(=O)C34)C21)Nc1ccc(Cl)cc1. The van der Waals surface area contributed by atoms with Crippen LogP contribution >= 0.6 is 34.7 Å². The van der Waals surface area contributed by atoms with Crippen molar-refractivity contribution in [2.75, 3.05) is 16.8 Å². The number of fused-ring (bicyclic) bond motifs is 9. The molecule has 2 aliphatic carbocycles. The fourth-order valence-corrected chi connectivity index (χ4v) is 11.3. The lowest BCUT2D eigenvalue weighted by molar-refractivity contribution is -0.137. The topological polar surface area (TPSA) is 109 Å². The molecule has 7 atom stereocenters. The van der Waals surface area contributed by atoms with Gasteiger partial charge in [-0.05, 0) is 66.6 Å². The number of thiazole rings is 1. The number of nitrogens with one attached hydrogen (secondary N) is 2. The molecule has 4 aromatic rings. The Bertz CT molecular complexity index is 2030. The number of rotatable bonds is 6. The van der Waals surface area contributed by atoms with Crippen LogP contribution in [0.4, 0.5) is 24.5 Å². The van der Waals surface area contributed by atoms with Crippen molar-refractivity contribution in [1.82, 2.24) is 4.98 Å². The number of aromatic nitrogens is 1. The van der Waals surface area contributed by atoms with Crippen molar-refractivity contribution in [3.8, 4) is 5.75 Å². The van der Waals surface area contributed by atoms with Gasteiger partial charge < -0.3 is 15.0 Å². The summed E-state index contributed by atoms with van der Waals surface area (Å²) in [6, 6.07) is 18.5. The van der Waals surface area contributed by atoms with E-state index in [4.69, 9.17) is 16.3 Å². The van der Waals surface area contributed by atoms with Crippen LogP contribution in [-0.4, -0.2) is 34.6 Å². The van der Waals surface area contributed by atoms with E-state index in [1.165, 1.54) is 30.0 Å². The first-order chi connectivity index (χ1) is 23.0. The largest absolute Gasteiger partial charge is 0.483 e. The van der Waals surface area contributed by atoms with Gasteiger partial charge in [-0.15, -0.1) is 11.8 Å². The number of anilines is 2. The van der Waals surface area contributed by atoms with Crippen molar-refractivity contribution in [3.05, 3.63) is 103 Å². The van der Waals surface area contributed by atoms with Gasteiger partial charge >= 0.3 is 11.0 Å². The average molecular weight is 712 g/mol. The number of imide groups is 1. The molecule has 3 heterocycles. The van der Waals surface area contributed by atoms with Crippen LogP contribution in [0.5, 0.6) is 5.75 Å². The van der Waals surface area contributed by atoms with Gasteiger partial charge in [-0.2, -0.15) is 13.2 Å². The first kappa shape index (κ1) is 31.2. The molecule has 6 unspecified atom stereocenters. The maximum Gasteiger partial charge on any atom is 0.418 e. The third kappa shape index (κ3) is 4.97. The summed E-state index contributed by atoms with van der Waals surface area (Å²) in [6.45, 7) is -0.303. The van der Waals surface area contributed by atoms with E-state index < -0.39 is 52.9 Å². The molecule has 0 radical (unpaired) electrons. The van der Waals surface area contributed by atoms with Crippen molar-refractivity contribution in [1.29, 1.82) is 0 Å². The average Bonchev–Trinajstić information content (AvgIpc) is 3.79. The smallest absolute Gasteiger partial charge is 0.418 e. The lowest BCUT2D eigenvalue weighted by atomic mass is 9.68. The minimum absolute atomic E-state index is 0.185. The maximum absolute atomic E-state index is 14.0. The number of H-pyrrole nitrogens is 1. The Hall–Kier alpha value is -4.07. The van der Waals surface area contributed by atoms with Crippen molar-refractivity contribution in [2.45, 2.75) is 28.8 Å². The van der Waals surface area contributed by atoms with Crippen LogP contribution in [0.2, 0.25) is 5.02 Å². The van der Waals surface area contributed by atoms with E-state index in [0.29, 0.717) is 27.9 Å². The lowest BCUT2D eigenvalue weighted by Gasteiger charge is -2.43. The molecule has 4 aliphatic rings. The van der Waals surface area contributed by atoms with Crippen LogP contribution < -0.4 is 19.8 Å². The molecule has 2 aliphatic heterocycles. The quantitative estimate of drug-likeness (QED) is 0.213. The number of hydrogen-bond donors (Lipinski definition) is 2. The molecule has 1 saturated heterocycles. The summed E-state index contributed by atoms with van der Waals surface area (Å²) >= 11 is 8.48. The molecule has 2 N–H and O–H groups in total. The first-order valence-corrected chi connectivity index (χ1v) is 17.3. The Labute approximate surface area is 284 Å². The Kier molecular flexibility index (Phi) is 7.49. The lowest BCUT2D eigenvalue weighted by Crippen LogP contribution is -2.42. The fraction of sp³-hybridized carbons (Fsp3) is 0.294. The number of para-hydroxylation sites is 2. The molecule has 1 aromatic heterocycles. The van der Waals surface area contributed by atoms with Gasteiger partial charge in [-0.1, -0.05) is 53.3 Å². The summed E-state index contributed by atoms with van der Waals surface area (Å²) in [6.07, 6.45) is -4.19. The van der Waals surface area contributed by atoms with Crippen molar-refractivity contribution in [3.63, 3.8) is 0 Å². The monoisotopic (exact) mass is 711 g/mol.